The molecule has 90 valence electrons. The largest absolute Gasteiger partial charge is 0.338 e. The zero-order valence-electron chi connectivity index (χ0n) is 8.97. The summed E-state index contributed by atoms with van der Waals surface area (Å²) in [5.41, 5.74) is 8.62. The van der Waals surface area contributed by atoms with Crippen LogP contribution in [0.5, 0.6) is 0 Å². The molecule has 1 fully saturated rings. The molecule has 1 atom stereocenters. The minimum atomic E-state index is -0.656. The number of hydroxylamine groups is 1. The van der Waals surface area contributed by atoms with Gasteiger partial charge in [-0.15, -0.1) is 0 Å². The predicted molar refractivity (Wildman–Crippen MR) is 57.5 cm³/mol. The van der Waals surface area contributed by atoms with Gasteiger partial charge in [0.1, 0.15) is 12.6 Å². The molecule has 2 amide bonds. The lowest BCUT2D eigenvalue weighted by Crippen LogP contribution is -2.41. The van der Waals surface area contributed by atoms with Gasteiger partial charge in [0.25, 0.3) is 11.8 Å². The quantitative estimate of drug-likeness (QED) is 0.604. The molecule has 4 N–H and O–H groups in total. The van der Waals surface area contributed by atoms with E-state index in [-0.39, 0.29) is 25.0 Å². The lowest BCUT2D eigenvalue weighted by molar-refractivity contribution is -0.125. The summed E-state index contributed by atoms with van der Waals surface area (Å²) in [5.74, 6) is -0.709. The summed E-state index contributed by atoms with van der Waals surface area (Å²) in [7, 11) is 0. The van der Waals surface area contributed by atoms with Crippen molar-refractivity contribution in [2.75, 3.05) is 6.61 Å². The third kappa shape index (κ3) is 2.58. The molecule has 2 rings (SSSR count). The second-order valence-corrected chi connectivity index (χ2v) is 3.54. The van der Waals surface area contributed by atoms with Crippen molar-refractivity contribution >= 4 is 11.8 Å². The van der Waals surface area contributed by atoms with Crippen LogP contribution < -0.4 is 16.5 Å². The summed E-state index contributed by atoms with van der Waals surface area (Å²) in [6, 6.07) is 2.49. The first kappa shape index (κ1) is 11.5. The Labute approximate surface area is 97.3 Å². The van der Waals surface area contributed by atoms with Crippen LogP contribution in [-0.4, -0.2) is 29.4 Å². The Bertz CT molecular complexity index is 449. The molecule has 0 spiro atoms. The number of carbonyl (C=O) groups excluding carboxylic acids is 2. The van der Waals surface area contributed by atoms with Crippen LogP contribution in [0.25, 0.3) is 0 Å². The van der Waals surface area contributed by atoms with E-state index in [1.165, 1.54) is 6.20 Å². The number of amides is 2. The van der Waals surface area contributed by atoms with Crippen molar-refractivity contribution in [1.82, 2.24) is 15.8 Å². The molecule has 0 aliphatic carbocycles. The average Bonchev–Trinajstić information content (AvgIpc) is 2.75. The van der Waals surface area contributed by atoms with Gasteiger partial charge < -0.3 is 11.1 Å². The van der Waals surface area contributed by atoms with Crippen molar-refractivity contribution in [2.24, 2.45) is 5.73 Å². The second kappa shape index (κ2) is 4.89. The number of hydrogen-bond donors (Lipinski definition) is 3. The molecule has 17 heavy (non-hydrogen) atoms. The van der Waals surface area contributed by atoms with Crippen LogP contribution >= 0.6 is 0 Å². The van der Waals surface area contributed by atoms with Gasteiger partial charge in [0.05, 0.1) is 5.69 Å². The number of hydrogen-bond acceptors (Lipinski definition) is 5. The van der Waals surface area contributed by atoms with Crippen LogP contribution in [0, 0.1) is 0 Å². The van der Waals surface area contributed by atoms with Crippen LogP contribution in [0.1, 0.15) is 16.1 Å². The van der Waals surface area contributed by atoms with E-state index in [2.05, 4.69) is 15.8 Å². The minimum absolute atomic E-state index is 0.124. The van der Waals surface area contributed by atoms with Crippen molar-refractivity contribution in [3.05, 3.63) is 29.6 Å². The Hall–Kier alpha value is -1.99. The Morgan fingerprint density at radius 3 is 3.18 bits per heavy atom. The molecule has 0 bridgehead atoms. The molecule has 7 nitrogen and oxygen atoms in total. The van der Waals surface area contributed by atoms with Gasteiger partial charge in [-0.25, -0.2) is 5.48 Å². The highest BCUT2D eigenvalue weighted by molar-refractivity contribution is 5.97. The zero-order chi connectivity index (χ0) is 12.3. The summed E-state index contributed by atoms with van der Waals surface area (Å²) < 4.78 is 0. The van der Waals surface area contributed by atoms with Crippen molar-refractivity contribution in [1.29, 1.82) is 0 Å². The predicted octanol–water partition coefficient (Wildman–Crippen LogP) is -1.30. The fourth-order valence-electron chi connectivity index (χ4n) is 1.42. The van der Waals surface area contributed by atoms with Gasteiger partial charge >= 0.3 is 0 Å². The molecule has 0 radical (unpaired) electrons. The third-order valence-electron chi connectivity index (χ3n) is 2.33. The topological polar surface area (TPSA) is 106 Å². The van der Waals surface area contributed by atoms with Crippen LogP contribution in [0.2, 0.25) is 0 Å². The van der Waals surface area contributed by atoms with Crippen LogP contribution in [0.4, 0.5) is 0 Å². The maximum absolute atomic E-state index is 11.8. The molecule has 1 aliphatic heterocycles. The Morgan fingerprint density at radius 2 is 2.53 bits per heavy atom. The first-order valence-corrected chi connectivity index (χ1v) is 5.08. The smallest absolute Gasteiger partial charge is 0.268 e. The standard InChI is InChI=1S/C10H12N4O3/c11-4-7-3-6(1-2-12-7)9(15)13-8-5-17-14-10(8)16/h1-3,8H,4-5,11H2,(H,13,15)(H,14,16)/t8-/m1/s1. The normalized spacial score (nSPS) is 18.9. The number of aromatic nitrogens is 1. The molecule has 1 aliphatic rings. The van der Waals surface area contributed by atoms with Gasteiger partial charge in [0.15, 0.2) is 0 Å². The second-order valence-electron chi connectivity index (χ2n) is 3.54. The molecular formula is C10H12N4O3. The number of nitrogens with zero attached hydrogens (tertiary/aromatic N) is 1. The Kier molecular flexibility index (Phi) is 3.31. The van der Waals surface area contributed by atoms with Gasteiger partial charge in [-0.3, -0.25) is 19.4 Å². The van der Waals surface area contributed by atoms with Crippen molar-refractivity contribution in [3.8, 4) is 0 Å². The molecular weight excluding hydrogens is 224 g/mol. The number of rotatable bonds is 3. The highest BCUT2D eigenvalue weighted by Crippen LogP contribution is 2.03. The van der Waals surface area contributed by atoms with E-state index >= 15 is 0 Å². The van der Waals surface area contributed by atoms with E-state index in [0.717, 1.165) is 0 Å². The summed E-state index contributed by atoms with van der Waals surface area (Å²) in [6.45, 7) is 0.382. The fraction of sp³-hybridized carbons (Fsp3) is 0.300. The van der Waals surface area contributed by atoms with Crippen LogP contribution in [-0.2, 0) is 16.2 Å². The van der Waals surface area contributed by atoms with E-state index in [1.54, 1.807) is 12.1 Å². The maximum Gasteiger partial charge on any atom is 0.268 e. The number of nitrogens with two attached hydrogens (primary N) is 1. The molecule has 2 heterocycles. The van der Waals surface area contributed by atoms with E-state index < -0.39 is 6.04 Å². The van der Waals surface area contributed by atoms with Gasteiger partial charge in [0, 0.05) is 18.3 Å². The lowest BCUT2D eigenvalue weighted by atomic mass is 10.2. The van der Waals surface area contributed by atoms with Crippen LogP contribution in [0.3, 0.4) is 0 Å². The lowest BCUT2D eigenvalue weighted by Gasteiger charge is -2.08. The summed E-state index contributed by atoms with van der Waals surface area (Å²) in [5, 5.41) is 2.55. The maximum atomic E-state index is 11.8. The molecule has 0 aromatic carbocycles. The summed E-state index contributed by atoms with van der Waals surface area (Å²) in [6.07, 6.45) is 1.50. The van der Waals surface area contributed by atoms with E-state index in [1.807, 2.05) is 0 Å². The minimum Gasteiger partial charge on any atom is -0.338 e. The third-order valence-corrected chi connectivity index (χ3v) is 2.33. The first-order chi connectivity index (χ1) is 8.20. The van der Waals surface area contributed by atoms with Gasteiger partial charge in [-0.1, -0.05) is 0 Å². The van der Waals surface area contributed by atoms with Crippen molar-refractivity contribution in [2.45, 2.75) is 12.6 Å². The highest BCUT2D eigenvalue weighted by atomic mass is 16.7. The van der Waals surface area contributed by atoms with E-state index in [0.29, 0.717) is 11.3 Å². The first-order valence-electron chi connectivity index (χ1n) is 5.08. The van der Waals surface area contributed by atoms with Gasteiger partial charge in [-0.2, -0.15) is 0 Å². The summed E-state index contributed by atoms with van der Waals surface area (Å²) >= 11 is 0. The molecule has 1 aromatic rings. The molecule has 1 aromatic heterocycles. The van der Waals surface area contributed by atoms with Crippen molar-refractivity contribution < 1.29 is 14.4 Å². The van der Waals surface area contributed by atoms with E-state index in [9.17, 15) is 9.59 Å². The molecule has 1 saturated heterocycles. The molecule has 7 heteroatoms. The van der Waals surface area contributed by atoms with Gasteiger partial charge in [0.2, 0.25) is 0 Å². The van der Waals surface area contributed by atoms with Crippen LogP contribution in [0.15, 0.2) is 18.3 Å². The number of carbonyl (C=O) groups is 2. The SMILES string of the molecule is NCc1cc(C(=O)N[C@@H]2CONC2=O)ccn1. The number of pyridine rings is 1. The van der Waals surface area contributed by atoms with Gasteiger partial charge in [-0.05, 0) is 12.1 Å². The zero-order valence-corrected chi connectivity index (χ0v) is 8.97. The fourth-order valence-corrected chi connectivity index (χ4v) is 1.42. The Balaban J connectivity index is 2.06. The average molecular weight is 236 g/mol. The molecule has 0 saturated carbocycles. The number of nitrogens with one attached hydrogen (secondary N) is 2. The molecule has 0 unspecified atom stereocenters. The van der Waals surface area contributed by atoms with Crippen molar-refractivity contribution in [3.63, 3.8) is 0 Å². The highest BCUT2D eigenvalue weighted by Gasteiger charge is 2.27. The Morgan fingerprint density at radius 1 is 1.71 bits per heavy atom. The van der Waals surface area contributed by atoms with E-state index in [4.69, 9.17) is 10.6 Å². The summed E-state index contributed by atoms with van der Waals surface area (Å²) in [4.78, 5) is 31.7. The monoisotopic (exact) mass is 236 g/mol.